The number of benzene rings is 2. The molecule has 0 saturated heterocycles. The fourth-order valence-corrected chi connectivity index (χ4v) is 4.39. The minimum Gasteiger partial charge on any atom is -0.484 e. The number of hydrogen-bond donors (Lipinski definition) is 0. The number of hydrogen-bond acceptors (Lipinski definition) is 7. The van der Waals surface area contributed by atoms with Gasteiger partial charge in [0.15, 0.2) is 21.6 Å². The fraction of sp³-hybridized carbons (Fsp3) is 0.300. The normalized spacial score (nSPS) is 11.4. The number of anilines is 1. The Hall–Kier alpha value is -2.27. The zero-order chi connectivity index (χ0) is 21.9. The van der Waals surface area contributed by atoms with Crippen molar-refractivity contribution in [1.82, 2.24) is 9.88 Å². The SMILES string of the molecule is CN(C)CCN(C(=O)COc1ccc(F)cc1)c1nc2ccc(S(C)(=O)=O)cc2s1.Cl. The van der Waals surface area contributed by atoms with Gasteiger partial charge < -0.3 is 9.64 Å². The molecule has 0 bridgehead atoms. The summed E-state index contributed by atoms with van der Waals surface area (Å²) in [5.41, 5.74) is 0.615. The van der Waals surface area contributed by atoms with Crippen molar-refractivity contribution in [1.29, 1.82) is 0 Å². The molecule has 0 fully saturated rings. The van der Waals surface area contributed by atoms with Crippen molar-refractivity contribution in [3.63, 3.8) is 0 Å². The lowest BCUT2D eigenvalue weighted by Crippen LogP contribution is -2.39. The molecule has 0 unspecified atom stereocenters. The predicted octanol–water partition coefficient (Wildman–Crippen LogP) is 3.23. The number of likely N-dealkylation sites (N-methyl/N-ethyl adjacent to an activating group) is 1. The molecule has 0 aliphatic heterocycles. The number of rotatable bonds is 8. The molecule has 0 atom stereocenters. The van der Waals surface area contributed by atoms with E-state index < -0.39 is 9.84 Å². The van der Waals surface area contributed by atoms with Gasteiger partial charge in [-0.3, -0.25) is 9.69 Å². The lowest BCUT2D eigenvalue weighted by molar-refractivity contribution is -0.120. The van der Waals surface area contributed by atoms with Gasteiger partial charge in [0, 0.05) is 19.3 Å². The summed E-state index contributed by atoms with van der Waals surface area (Å²) < 4.78 is 42.8. The van der Waals surface area contributed by atoms with Gasteiger partial charge >= 0.3 is 0 Å². The number of ether oxygens (including phenoxy) is 1. The van der Waals surface area contributed by atoms with Crippen molar-refractivity contribution in [2.75, 3.05) is 44.9 Å². The lowest BCUT2D eigenvalue weighted by Gasteiger charge is -2.22. The molecule has 7 nitrogen and oxygen atoms in total. The van der Waals surface area contributed by atoms with E-state index in [0.29, 0.717) is 34.2 Å². The van der Waals surface area contributed by atoms with Crippen LogP contribution in [0.5, 0.6) is 5.75 Å². The summed E-state index contributed by atoms with van der Waals surface area (Å²) in [6.07, 6.45) is 1.15. The Morgan fingerprint density at radius 1 is 1.13 bits per heavy atom. The number of aromatic nitrogens is 1. The number of thiazole rings is 1. The molecule has 0 aliphatic rings. The first-order chi connectivity index (χ1) is 14.1. The topological polar surface area (TPSA) is 79.8 Å². The summed E-state index contributed by atoms with van der Waals surface area (Å²) in [5.74, 6) is -0.299. The van der Waals surface area contributed by atoms with Crippen molar-refractivity contribution >= 4 is 54.8 Å². The number of amides is 1. The Morgan fingerprint density at radius 3 is 2.42 bits per heavy atom. The summed E-state index contributed by atoms with van der Waals surface area (Å²) in [7, 11) is 0.454. The lowest BCUT2D eigenvalue weighted by atomic mass is 10.3. The first-order valence-corrected chi connectivity index (χ1v) is 11.8. The van der Waals surface area contributed by atoms with Gasteiger partial charge in [0.1, 0.15) is 11.6 Å². The van der Waals surface area contributed by atoms with Gasteiger partial charge in [-0.1, -0.05) is 11.3 Å². The third-order valence-corrected chi connectivity index (χ3v) is 6.41. The molecule has 1 amide bonds. The maximum atomic E-state index is 13.0. The first kappa shape index (κ1) is 25.0. The van der Waals surface area contributed by atoms with Gasteiger partial charge in [0.25, 0.3) is 5.91 Å². The van der Waals surface area contributed by atoms with Crippen LogP contribution in [-0.2, 0) is 14.6 Å². The highest BCUT2D eigenvalue weighted by Gasteiger charge is 2.21. The number of sulfone groups is 1. The largest absolute Gasteiger partial charge is 0.484 e. The fourth-order valence-electron chi connectivity index (χ4n) is 2.62. The molecule has 0 saturated carbocycles. The molecule has 1 heterocycles. The molecular weight excluding hydrogens is 465 g/mol. The Balaban J connectivity index is 0.00000341. The van der Waals surface area contributed by atoms with E-state index in [0.717, 1.165) is 6.26 Å². The van der Waals surface area contributed by atoms with Crippen molar-refractivity contribution < 1.29 is 22.3 Å². The van der Waals surface area contributed by atoms with Crippen LogP contribution in [0, 0.1) is 5.82 Å². The second-order valence-electron chi connectivity index (χ2n) is 6.99. The molecule has 31 heavy (non-hydrogen) atoms. The Labute approximate surface area is 190 Å². The van der Waals surface area contributed by atoms with Crippen LogP contribution >= 0.6 is 23.7 Å². The van der Waals surface area contributed by atoms with Crippen LogP contribution in [0.2, 0.25) is 0 Å². The average Bonchev–Trinajstić information content (AvgIpc) is 3.09. The standard InChI is InChI=1S/C20H22FN3O4S2.ClH/c1-23(2)10-11-24(19(25)13-28-15-6-4-14(21)5-7-15)20-22-17-9-8-16(30(3,26)27)12-18(17)29-20;/h4-9,12H,10-11,13H2,1-3H3;1H. The van der Waals surface area contributed by atoms with Crippen LogP contribution in [-0.4, -0.2) is 64.3 Å². The molecule has 0 N–H and O–H groups in total. The monoisotopic (exact) mass is 487 g/mol. The van der Waals surface area contributed by atoms with E-state index in [1.54, 1.807) is 12.1 Å². The molecule has 2 aromatic carbocycles. The van der Waals surface area contributed by atoms with Crippen LogP contribution in [0.3, 0.4) is 0 Å². The average molecular weight is 488 g/mol. The molecule has 168 valence electrons. The van der Waals surface area contributed by atoms with Crippen molar-refractivity contribution in [2.45, 2.75) is 4.90 Å². The Morgan fingerprint density at radius 2 is 1.81 bits per heavy atom. The van der Waals surface area contributed by atoms with E-state index in [9.17, 15) is 17.6 Å². The third-order valence-electron chi connectivity index (χ3n) is 4.26. The number of fused-ring (bicyclic) bond motifs is 1. The minimum atomic E-state index is -3.34. The van der Waals surface area contributed by atoms with Gasteiger partial charge in [0.05, 0.1) is 15.1 Å². The van der Waals surface area contributed by atoms with Gasteiger partial charge in [-0.05, 0) is 56.6 Å². The number of carbonyl (C=O) groups excluding carboxylic acids is 1. The highest BCUT2D eigenvalue weighted by Crippen LogP contribution is 2.30. The second kappa shape index (κ2) is 10.4. The van der Waals surface area contributed by atoms with Crippen LogP contribution in [0.1, 0.15) is 0 Å². The maximum absolute atomic E-state index is 13.0. The summed E-state index contributed by atoms with van der Waals surface area (Å²) in [6.45, 7) is 0.758. The smallest absolute Gasteiger partial charge is 0.266 e. The quantitative estimate of drug-likeness (QED) is 0.485. The Bertz CT molecular complexity index is 1150. The summed E-state index contributed by atoms with van der Waals surface area (Å²) in [5, 5.41) is 0.463. The highest BCUT2D eigenvalue weighted by atomic mass is 35.5. The van der Waals surface area contributed by atoms with E-state index >= 15 is 0 Å². The van der Waals surface area contributed by atoms with E-state index in [-0.39, 0.29) is 35.6 Å². The summed E-state index contributed by atoms with van der Waals surface area (Å²) in [4.78, 5) is 21.1. The van der Waals surface area contributed by atoms with Gasteiger partial charge in [-0.25, -0.2) is 17.8 Å². The molecule has 3 aromatic rings. The predicted molar refractivity (Wildman–Crippen MR) is 123 cm³/mol. The number of carbonyl (C=O) groups is 1. The van der Waals surface area contributed by atoms with Crippen molar-refractivity contribution in [3.05, 3.63) is 48.3 Å². The van der Waals surface area contributed by atoms with Crippen LogP contribution in [0.25, 0.3) is 10.2 Å². The van der Waals surface area contributed by atoms with Crippen molar-refractivity contribution in [3.8, 4) is 5.75 Å². The van der Waals surface area contributed by atoms with E-state index in [1.807, 2.05) is 19.0 Å². The minimum absolute atomic E-state index is 0. The van der Waals surface area contributed by atoms with E-state index in [1.165, 1.54) is 46.6 Å². The van der Waals surface area contributed by atoms with Crippen molar-refractivity contribution in [2.24, 2.45) is 0 Å². The maximum Gasteiger partial charge on any atom is 0.266 e. The van der Waals surface area contributed by atoms with Crippen LogP contribution in [0.4, 0.5) is 9.52 Å². The third kappa shape index (κ3) is 6.60. The molecule has 0 spiro atoms. The second-order valence-corrected chi connectivity index (χ2v) is 10.0. The molecular formula is C20H23ClFN3O4S2. The summed E-state index contributed by atoms with van der Waals surface area (Å²) >= 11 is 1.25. The van der Waals surface area contributed by atoms with E-state index in [4.69, 9.17) is 4.74 Å². The molecule has 1 aromatic heterocycles. The van der Waals surface area contributed by atoms with Crippen LogP contribution in [0.15, 0.2) is 47.4 Å². The summed E-state index contributed by atoms with van der Waals surface area (Å²) in [6, 6.07) is 10.1. The van der Waals surface area contributed by atoms with Gasteiger partial charge in [-0.2, -0.15) is 0 Å². The zero-order valence-electron chi connectivity index (χ0n) is 17.2. The number of nitrogens with zero attached hydrogens (tertiary/aromatic N) is 3. The van der Waals surface area contributed by atoms with Gasteiger partial charge in [0.2, 0.25) is 0 Å². The Kier molecular flexibility index (Phi) is 8.35. The number of halogens is 2. The molecule has 0 radical (unpaired) electrons. The van der Waals surface area contributed by atoms with Gasteiger partial charge in [-0.15, -0.1) is 12.4 Å². The molecule has 3 rings (SSSR count). The highest BCUT2D eigenvalue weighted by molar-refractivity contribution is 7.90. The molecule has 11 heteroatoms. The molecule has 0 aliphatic carbocycles. The zero-order valence-corrected chi connectivity index (χ0v) is 19.7. The first-order valence-electron chi connectivity index (χ1n) is 9.07. The van der Waals surface area contributed by atoms with E-state index in [2.05, 4.69) is 4.98 Å². The van der Waals surface area contributed by atoms with Crippen LogP contribution < -0.4 is 9.64 Å².